The fourth-order valence-corrected chi connectivity index (χ4v) is 4.65. The van der Waals surface area contributed by atoms with Gasteiger partial charge in [0.2, 0.25) is 11.7 Å². The van der Waals surface area contributed by atoms with Crippen molar-refractivity contribution in [3.8, 4) is 17.2 Å². The third-order valence-corrected chi connectivity index (χ3v) is 6.08. The Kier molecular flexibility index (Phi) is 5.72. The first-order valence-electron chi connectivity index (χ1n) is 10.4. The topological polar surface area (TPSA) is 65.1 Å². The summed E-state index contributed by atoms with van der Waals surface area (Å²) < 4.78 is 16.6. The van der Waals surface area contributed by atoms with Crippen LogP contribution in [0.25, 0.3) is 0 Å². The van der Waals surface area contributed by atoms with E-state index in [0.717, 1.165) is 28.9 Å². The SMILES string of the molecule is COc1ccc([C@@H]2CC(=O)N(c3ccc(C)cc3)C3=C2C(=O)CCC3)c(OC)c1OC. The molecule has 4 rings (SSSR count). The molecule has 0 saturated carbocycles. The predicted octanol–water partition coefficient (Wildman–Crippen LogP) is 4.55. The molecule has 2 aliphatic rings. The van der Waals surface area contributed by atoms with Gasteiger partial charge in [-0.15, -0.1) is 0 Å². The van der Waals surface area contributed by atoms with Gasteiger partial charge < -0.3 is 14.2 Å². The molecule has 1 amide bonds. The lowest BCUT2D eigenvalue weighted by Gasteiger charge is -2.38. The number of hydrogen-bond donors (Lipinski definition) is 0. The predicted molar refractivity (Wildman–Crippen MR) is 118 cm³/mol. The van der Waals surface area contributed by atoms with Crippen LogP contribution < -0.4 is 19.1 Å². The van der Waals surface area contributed by atoms with Crippen LogP contribution in [-0.4, -0.2) is 33.0 Å². The highest BCUT2D eigenvalue weighted by atomic mass is 16.5. The molecule has 0 radical (unpaired) electrons. The van der Waals surface area contributed by atoms with Crippen LogP contribution in [0.5, 0.6) is 17.2 Å². The molecule has 1 aliphatic carbocycles. The minimum absolute atomic E-state index is 0.0286. The number of nitrogens with zero attached hydrogens (tertiary/aromatic N) is 1. The molecule has 0 N–H and O–H groups in total. The number of ether oxygens (including phenoxy) is 3. The maximum Gasteiger partial charge on any atom is 0.232 e. The molecule has 0 aromatic heterocycles. The second-order valence-corrected chi connectivity index (χ2v) is 7.88. The molecular formula is C25H27NO5. The van der Waals surface area contributed by atoms with Crippen molar-refractivity contribution in [1.29, 1.82) is 0 Å². The van der Waals surface area contributed by atoms with Crippen LogP contribution in [0.15, 0.2) is 47.7 Å². The lowest BCUT2D eigenvalue weighted by Crippen LogP contribution is -2.40. The lowest BCUT2D eigenvalue weighted by atomic mass is 9.76. The number of amides is 1. The molecule has 162 valence electrons. The van der Waals surface area contributed by atoms with Gasteiger partial charge in [-0.3, -0.25) is 14.5 Å². The summed E-state index contributed by atoms with van der Waals surface area (Å²) in [6.45, 7) is 2.01. The minimum Gasteiger partial charge on any atom is -0.493 e. The highest BCUT2D eigenvalue weighted by molar-refractivity contribution is 6.07. The summed E-state index contributed by atoms with van der Waals surface area (Å²) >= 11 is 0. The summed E-state index contributed by atoms with van der Waals surface area (Å²) in [7, 11) is 4.67. The summed E-state index contributed by atoms with van der Waals surface area (Å²) in [5.41, 5.74) is 4.19. The summed E-state index contributed by atoms with van der Waals surface area (Å²) in [6.07, 6.45) is 2.10. The van der Waals surface area contributed by atoms with E-state index in [2.05, 4.69) is 0 Å². The number of rotatable bonds is 5. The molecule has 1 aliphatic heterocycles. The average Bonchev–Trinajstić information content (AvgIpc) is 2.78. The molecule has 0 fully saturated rings. The summed E-state index contributed by atoms with van der Waals surface area (Å²) in [4.78, 5) is 28.3. The van der Waals surface area contributed by atoms with E-state index in [9.17, 15) is 9.59 Å². The van der Waals surface area contributed by atoms with Gasteiger partial charge in [-0.05, 0) is 38.0 Å². The number of benzene rings is 2. The van der Waals surface area contributed by atoms with Crippen molar-refractivity contribution in [3.05, 3.63) is 58.8 Å². The van der Waals surface area contributed by atoms with Crippen molar-refractivity contribution in [1.82, 2.24) is 0 Å². The zero-order valence-corrected chi connectivity index (χ0v) is 18.4. The van der Waals surface area contributed by atoms with E-state index in [1.807, 2.05) is 37.3 Å². The largest absolute Gasteiger partial charge is 0.493 e. The van der Waals surface area contributed by atoms with Gasteiger partial charge in [0.1, 0.15) is 0 Å². The van der Waals surface area contributed by atoms with Crippen LogP contribution in [0.4, 0.5) is 5.69 Å². The standard InChI is InChI=1S/C25H27NO5/c1-15-8-10-16(11-9-15)26-19-6-5-7-20(27)23(19)18(14-22(26)28)17-12-13-21(29-2)25(31-4)24(17)30-3/h8-13,18H,5-7,14H2,1-4H3/t18-/m0/s1. The molecule has 6 nitrogen and oxygen atoms in total. The van der Waals surface area contributed by atoms with E-state index < -0.39 is 0 Å². The van der Waals surface area contributed by atoms with E-state index in [4.69, 9.17) is 14.2 Å². The van der Waals surface area contributed by atoms with Crippen LogP contribution in [0.2, 0.25) is 0 Å². The molecule has 6 heteroatoms. The van der Waals surface area contributed by atoms with Crippen molar-refractivity contribution >= 4 is 17.4 Å². The van der Waals surface area contributed by atoms with Crippen LogP contribution in [-0.2, 0) is 9.59 Å². The molecule has 31 heavy (non-hydrogen) atoms. The first kappa shape index (κ1) is 21.0. The minimum atomic E-state index is -0.383. The second-order valence-electron chi connectivity index (χ2n) is 7.88. The number of aryl methyl sites for hydroxylation is 1. The maximum absolute atomic E-state index is 13.4. The molecule has 1 atom stereocenters. The number of allylic oxidation sites excluding steroid dienone is 2. The van der Waals surface area contributed by atoms with Gasteiger partial charge in [-0.1, -0.05) is 23.8 Å². The molecule has 2 aromatic rings. The van der Waals surface area contributed by atoms with Crippen LogP contribution >= 0.6 is 0 Å². The Balaban J connectivity index is 1.89. The molecule has 0 saturated heterocycles. The van der Waals surface area contributed by atoms with Gasteiger partial charge in [0.05, 0.1) is 21.3 Å². The van der Waals surface area contributed by atoms with Gasteiger partial charge in [0, 0.05) is 41.3 Å². The van der Waals surface area contributed by atoms with E-state index in [1.165, 1.54) is 0 Å². The van der Waals surface area contributed by atoms with Crippen molar-refractivity contribution in [2.24, 2.45) is 0 Å². The Hall–Kier alpha value is -3.28. The van der Waals surface area contributed by atoms with Gasteiger partial charge >= 0.3 is 0 Å². The fourth-order valence-electron chi connectivity index (χ4n) is 4.65. The number of carbonyl (C=O) groups excluding carboxylic acids is 2. The Morgan fingerprint density at radius 2 is 1.58 bits per heavy atom. The number of ketones is 1. The summed E-state index contributed by atoms with van der Waals surface area (Å²) in [6, 6.07) is 11.5. The number of anilines is 1. The number of Topliss-reactive ketones (excluding diaryl/α,β-unsaturated/α-hetero) is 1. The zero-order chi connectivity index (χ0) is 22.1. The van der Waals surface area contributed by atoms with E-state index in [0.29, 0.717) is 35.7 Å². The average molecular weight is 421 g/mol. The zero-order valence-electron chi connectivity index (χ0n) is 18.4. The molecule has 0 unspecified atom stereocenters. The monoisotopic (exact) mass is 421 g/mol. The third-order valence-electron chi connectivity index (χ3n) is 6.08. The van der Waals surface area contributed by atoms with E-state index >= 15 is 0 Å². The van der Waals surface area contributed by atoms with Gasteiger partial charge in [0.25, 0.3) is 0 Å². The van der Waals surface area contributed by atoms with Crippen molar-refractivity contribution in [2.75, 3.05) is 26.2 Å². The van der Waals surface area contributed by atoms with Gasteiger partial charge in [0.15, 0.2) is 17.3 Å². The highest BCUT2D eigenvalue weighted by Crippen LogP contribution is 2.49. The lowest BCUT2D eigenvalue weighted by molar-refractivity contribution is -0.119. The third kappa shape index (κ3) is 3.56. The van der Waals surface area contributed by atoms with E-state index in [-0.39, 0.29) is 24.0 Å². The maximum atomic E-state index is 13.4. The van der Waals surface area contributed by atoms with Crippen molar-refractivity contribution in [2.45, 2.75) is 38.5 Å². The van der Waals surface area contributed by atoms with Gasteiger partial charge in [-0.2, -0.15) is 0 Å². The first-order chi connectivity index (χ1) is 15.0. The van der Waals surface area contributed by atoms with Crippen LogP contribution in [0.3, 0.4) is 0 Å². The highest BCUT2D eigenvalue weighted by Gasteiger charge is 2.41. The summed E-state index contributed by atoms with van der Waals surface area (Å²) in [5, 5.41) is 0. The Bertz CT molecular complexity index is 1050. The van der Waals surface area contributed by atoms with Gasteiger partial charge in [-0.25, -0.2) is 0 Å². The van der Waals surface area contributed by atoms with Crippen molar-refractivity contribution in [3.63, 3.8) is 0 Å². The number of carbonyl (C=O) groups is 2. The van der Waals surface area contributed by atoms with E-state index in [1.54, 1.807) is 32.3 Å². The molecule has 2 aromatic carbocycles. The molecule has 0 bridgehead atoms. The Morgan fingerprint density at radius 3 is 2.23 bits per heavy atom. The van der Waals surface area contributed by atoms with Crippen LogP contribution in [0, 0.1) is 6.92 Å². The quantitative estimate of drug-likeness (QED) is 0.709. The smallest absolute Gasteiger partial charge is 0.232 e. The first-order valence-corrected chi connectivity index (χ1v) is 10.4. The molecule has 0 spiro atoms. The Labute approximate surface area is 182 Å². The fraction of sp³-hybridized carbons (Fsp3) is 0.360. The molecule has 1 heterocycles. The normalized spacial score (nSPS) is 18.7. The molecular weight excluding hydrogens is 394 g/mol. The number of hydrogen-bond acceptors (Lipinski definition) is 5. The van der Waals surface area contributed by atoms with Crippen LogP contribution in [0.1, 0.15) is 42.7 Å². The Morgan fingerprint density at radius 1 is 0.871 bits per heavy atom. The van der Waals surface area contributed by atoms with Crippen molar-refractivity contribution < 1.29 is 23.8 Å². The second kappa shape index (κ2) is 8.46. The summed E-state index contributed by atoms with van der Waals surface area (Å²) in [5.74, 6) is 1.17. The number of methoxy groups -OCH3 is 3.